The Hall–Kier alpha value is -2.77. The number of oxime groups is 1. The SMILES string of the molecule is O=C(COc1ccccc1)OP(=O)(O)C(=NO)C1=CC=C(Cl)C(Cl)(Oc2ccccc2)C1. The molecule has 0 spiro atoms. The number of halogens is 2. The highest BCUT2D eigenvalue weighted by Gasteiger charge is 2.43. The van der Waals surface area contributed by atoms with Gasteiger partial charge in [0, 0.05) is 6.42 Å². The second-order valence-corrected chi connectivity index (χ2v) is 9.20. The average molecular weight is 498 g/mol. The van der Waals surface area contributed by atoms with Gasteiger partial charge >= 0.3 is 13.6 Å². The minimum Gasteiger partial charge on any atom is -0.482 e. The minimum atomic E-state index is -4.89. The lowest BCUT2D eigenvalue weighted by atomic mass is 10.0. The number of carbonyl (C=O) groups excluding carboxylic acids is 1. The normalized spacial score (nSPS) is 20.4. The minimum absolute atomic E-state index is 0.00885. The van der Waals surface area contributed by atoms with E-state index in [0.717, 1.165) is 0 Å². The lowest BCUT2D eigenvalue weighted by Gasteiger charge is -2.31. The molecule has 0 aliphatic heterocycles. The van der Waals surface area contributed by atoms with Gasteiger partial charge in [0.2, 0.25) is 10.5 Å². The molecule has 2 unspecified atom stereocenters. The van der Waals surface area contributed by atoms with Crippen LogP contribution in [-0.2, 0) is 13.9 Å². The molecule has 0 fully saturated rings. The van der Waals surface area contributed by atoms with Crippen molar-refractivity contribution in [2.24, 2.45) is 5.16 Å². The zero-order chi connectivity index (χ0) is 23.2. The first kappa shape index (κ1) is 23.9. The number of para-hydroxylation sites is 2. The average Bonchev–Trinajstić information content (AvgIpc) is 2.76. The molecule has 0 heterocycles. The third-order valence-corrected chi connectivity index (χ3v) is 6.51. The van der Waals surface area contributed by atoms with Crippen molar-refractivity contribution >= 4 is 42.2 Å². The maximum Gasteiger partial charge on any atom is 0.432 e. The van der Waals surface area contributed by atoms with E-state index in [9.17, 15) is 19.5 Å². The fraction of sp³-hybridized carbons (Fsp3) is 0.143. The monoisotopic (exact) mass is 497 g/mol. The summed E-state index contributed by atoms with van der Waals surface area (Å²) in [5.74, 6) is -0.369. The van der Waals surface area contributed by atoms with Crippen LogP contribution in [-0.4, -0.2) is 33.2 Å². The van der Waals surface area contributed by atoms with Gasteiger partial charge in [0.15, 0.2) is 6.61 Å². The van der Waals surface area contributed by atoms with E-state index in [-0.39, 0.29) is 17.0 Å². The van der Waals surface area contributed by atoms with E-state index in [4.69, 9.17) is 32.7 Å². The Bertz CT molecular complexity index is 1110. The lowest BCUT2D eigenvalue weighted by molar-refractivity contribution is -0.136. The molecule has 8 nitrogen and oxygen atoms in total. The molecule has 0 saturated carbocycles. The Labute approximate surface area is 193 Å². The Balaban J connectivity index is 1.72. The van der Waals surface area contributed by atoms with E-state index < -0.39 is 30.7 Å². The first-order valence-corrected chi connectivity index (χ1v) is 11.5. The molecule has 1 aliphatic rings. The topological polar surface area (TPSA) is 115 Å². The Morgan fingerprint density at radius 2 is 1.66 bits per heavy atom. The number of nitrogens with zero attached hydrogens (tertiary/aromatic N) is 1. The number of carbonyl (C=O) groups is 1. The first-order chi connectivity index (χ1) is 15.2. The largest absolute Gasteiger partial charge is 0.482 e. The molecule has 3 rings (SSSR count). The number of allylic oxidation sites excluding steroid dienone is 2. The number of ether oxygens (including phenoxy) is 2. The molecule has 0 amide bonds. The molecule has 0 saturated heterocycles. The maximum absolute atomic E-state index is 12.7. The van der Waals surface area contributed by atoms with Crippen LogP contribution in [0.2, 0.25) is 0 Å². The van der Waals surface area contributed by atoms with Crippen LogP contribution in [0.3, 0.4) is 0 Å². The van der Waals surface area contributed by atoms with E-state index in [1.54, 1.807) is 60.7 Å². The smallest absolute Gasteiger partial charge is 0.432 e. The molecule has 0 aromatic heterocycles. The summed E-state index contributed by atoms with van der Waals surface area (Å²) in [7, 11) is -4.89. The summed E-state index contributed by atoms with van der Waals surface area (Å²) in [4.78, 5) is 22.3. The quantitative estimate of drug-likeness (QED) is 0.172. The molecule has 2 N–H and O–H groups in total. The summed E-state index contributed by atoms with van der Waals surface area (Å²) in [5, 5.41) is 10.8. The van der Waals surface area contributed by atoms with Crippen molar-refractivity contribution in [3.8, 4) is 11.5 Å². The molecular formula is C21H18Cl2NO7P. The predicted molar refractivity (Wildman–Crippen MR) is 119 cm³/mol. The van der Waals surface area contributed by atoms with Crippen molar-refractivity contribution in [1.29, 1.82) is 0 Å². The summed E-state index contributed by atoms with van der Waals surface area (Å²) in [6.07, 6.45) is 2.41. The van der Waals surface area contributed by atoms with Gasteiger partial charge in [-0.3, -0.25) is 0 Å². The van der Waals surface area contributed by atoms with Gasteiger partial charge in [-0.25, -0.2) is 9.36 Å². The summed E-state index contributed by atoms with van der Waals surface area (Å²) in [6, 6.07) is 16.9. The van der Waals surface area contributed by atoms with Gasteiger partial charge in [0.05, 0.1) is 5.03 Å². The highest BCUT2D eigenvalue weighted by molar-refractivity contribution is 7.72. The van der Waals surface area contributed by atoms with Gasteiger partial charge in [-0.05, 0) is 35.9 Å². The third-order valence-electron chi connectivity index (χ3n) is 4.20. The van der Waals surface area contributed by atoms with Crippen LogP contribution >= 0.6 is 30.8 Å². The van der Waals surface area contributed by atoms with E-state index in [0.29, 0.717) is 11.5 Å². The summed E-state index contributed by atoms with van der Waals surface area (Å²) >= 11 is 12.7. The van der Waals surface area contributed by atoms with Crippen LogP contribution < -0.4 is 9.47 Å². The fourth-order valence-electron chi connectivity index (χ4n) is 2.77. The standard InChI is InChI=1S/C21H18Cl2NO7P/c22-18-12-11-15(13-21(18,23)30-17-9-5-2-6-10-17)20(24-26)32(27,28)31-19(25)14-29-16-7-3-1-4-8-16/h1-12,26H,13-14H2,(H,27,28). The molecular weight excluding hydrogens is 480 g/mol. The summed E-state index contributed by atoms with van der Waals surface area (Å²) < 4.78 is 28.3. The molecule has 2 aromatic carbocycles. The van der Waals surface area contributed by atoms with Gasteiger partial charge in [-0.1, -0.05) is 70.8 Å². The fourth-order valence-corrected chi connectivity index (χ4v) is 4.28. The lowest BCUT2D eigenvalue weighted by Crippen LogP contribution is -2.33. The van der Waals surface area contributed by atoms with E-state index in [2.05, 4.69) is 9.68 Å². The predicted octanol–water partition coefficient (Wildman–Crippen LogP) is 5.05. The molecule has 1 aliphatic carbocycles. The van der Waals surface area contributed by atoms with Gasteiger partial charge in [0.1, 0.15) is 11.5 Å². The van der Waals surface area contributed by atoms with Gasteiger partial charge in [0.25, 0.3) is 0 Å². The van der Waals surface area contributed by atoms with Crippen molar-refractivity contribution in [2.45, 2.75) is 11.5 Å². The highest BCUT2D eigenvalue weighted by Crippen LogP contribution is 2.50. The number of benzene rings is 2. The number of rotatable bonds is 8. The van der Waals surface area contributed by atoms with Crippen LogP contribution in [0, 0.1) is 0 Å². The van der Waals surface area contributed by atoms with Crippen molar-refractivity contribution in [2.75, 3.05) is 6.61 Å². The van der Waals surface area contributed by atoms with Gasteiger partial charge in [-0.2, -0.15) is 0 Å². The van der Waals surface area contributed by atoms with Crippen molar-refractivity contribution in [3.05, 3.63) is 83.4 Å². The van der Waals surface area contributed by atoms with Gasteiger partial charge in [-0.15, -0.1) is 0 Å². The molecule has 0 radical (unpaired) electrons. The highest BCUT2D eigenvalue weighted by atomic mass is 35.5. The van der Waals surface area contributed by atoms with E-state index in [1.165, 1.54) is 12.2 Å². The molecule has 32 heavy (non-hydrogen) atoms. The molecule has 2 atom stereocenters. The second kappa shape index (κ2) is 10.2. The van der Waals surface area contributed by atoms with Crippen LogP contribution in [0.1, 0.15) is 6.42 Å². The number of alkyl halides is 1. The zero-order valence-electron chi connectivity index (χ0n) is 16.4. The molecule has 11 heteroatoms. The number of hydrogen-bond donors (Lipinski definition) is 2. The summed E-state index contributed by atoms with van der Waals surface area (Å²) in [6.45, 7) is -0.630. The van der Waals surface area contributed by atoms with Crippen LogP contribution in [0.4, 0.5) is 0 Å². The maximum atomic E-state index is 12.7. The van der Waals surface area contributed by atoms with Crippen molar-refractivity contribution < 1.29 is 33.5 Å². The second-order valence-electron chi connectivity index (χ2n) is 6.54. The number of hydrogen-bond acceptors (Lipinski definition) is 7. The Kier molecular flexibility index (Phi) is 7.64. The van der Waals surface area contributed by atoms with Gasteiger partial charge < -0.3 is 24.1 Å². The molecule has 2 aromatic rings. The van der Waals surface area contributed by atoms with Crippen LogP contribution in [0.5, 0.6) is 11.5 Å². The van der Waals surface area contributed by atoms with Crippen LogP contribution in [0.25, 0.3) is 0 Å². The van der Waals surface area contributed by atoms with E-state index in [1.807, 2.05) is 0 Å². The van der Waals surface area contributed by atoms with Crippen molar-refractivity contribution in [1.82, 2.24) is 0 Å². The van der Waals surface area contributed by atoms with Crippen LogP contribution in [0.15, 0.2) is 88.6 Å². The summed E-state index contributed by atoms with van der Waals surface area (Å²) in [5.41, 5.74) is -0.780. The zero-order valence-corrected chi connectivity index (χ0v) is 18.8. The third kappa shape index (κ3) is 5.93. The van der Waals surface area contributed by atoms with E-state index >= 15 is 0 Å². The Morgan fingerprint density at radius 3 is 2.25 bits per heavy atom. The first-order valence-electron chi connectivity index (χ1n) is 9.19. The molecule has 0 bridgehead atoms. The Morgan fingerprint density at radius 1 is 1.06 bits per heavy atom. The molecule has 168 valence electrons. The van der Waals surface area contributed by atoms with Crippen molar-refractivity contribution in [3.63, 3.8) is 0 Å².